The Morgan fingerprint density at radius 3 is 2.59 bits per heavy atom. The first-order valence-electron chi connectivity index (χ1n) is 11.4. The van der Waals surface area contributed by atoms with E-state index < -0.39 is 6.10 Å². The first kappa shape index (κ1) is 22.0. The van der Waals surface area contributed by atoms with Gasteiger partial charge < -0.3 is 24.0 Å². The maximum Gasteiger partial charge on any atom is 0.227 e. The number of aliphatic hydroxyl groups is 1. The van der Waals surface area contributed by atoms with Crippen molar-refractivity contribution < 1.29 is 19.4 Å². The van der Waals surface area contributed by atoms with Crippen LogP contribution >= 0.6 is 0 Å². The molecule has 0 spiro atoms. The summed E-state index contributed by atoms with van der Waals surface area (Å²) in [5.41, 5.74) is 2.53. The number of fused-ring (bicyclic) bond motifs is 1. The van der Waals surface area contributed by atoms with E-state index in [0.29, 0.717) is 31.0 Å². The van der Waals surface area contributed by atoms with Crippen LogP contribution in [-0.2, 0) is 11.3 Å². The Kier molecular flexibility index (Phi) is 6.18. The number of hydrogen-bond acceptors (Lipinski definition) is 5. The van der Waals surface area contributed by atoms with Crippen LogP contribution in [0.2, 0.25) is 0 Å². The fourth-order valence-electron chi connectivity index (χ4n) is 4.54. The number of hydrogen-bond donors (Lipinski definition) is 1. The Balaban J connectivity index is 1.40. The summed E-state index contributed by atoms with van der Waals surface area (Å²) in [5, 5.41) is 10.8. The molecule has 1 amide bonds. The van der Waals surface area contributed by atoms with Crippen molar-refractivity contribution in [2.45, 2.75) is 25.0 Å². The largest absolute Gasteiger partial charge is 0.495 e. The van der Waals surface area contributed by atoms with Gasteiger partial charge in [0.15, 0.2) is 0 Å². The van der Waals surface area contributed by atoms with Crippen molar-refractivity contribution in [2.75, 3.05) is 25.2 Å². The van der Waals surface area contributed by atoms with Gasteiger partial charge in [-0.05, 0) is 36.4 Å². The third-order valence-corrected chi connectivity index (χ3v) is 6.13. The zero-order valence-electron chi connectivity index (χ0n) is 19.0. The van der Waals surface area contributed by atoms with Gasteiger partial charge in [-0.1, -0.05) is 42.5 Å². The van der Waals surface area contributed by atoms with E-state index in [9.17, 15) is 9.90 Å². The highest BCUT2D eigenvalue weighted by Gasteiger charge is 2.36. The molecule has 4 aromatic rings. The van der Waals surface area contributed by atoms with E-state index in [-0.39, 0.29) is 18.4 Å². The van der Waals surface area contributed by atoms with Crippen molar-refractivity contribution in [2.24, 2.45) is 0 Å². The fraction of sp³-hybridized carbons (Fsp3) is 0.259. The molecular weight excluding hydrogens is 430 g/mol. The Morgan fingerprint density at radius 2 is 1.76 bits per heavy atom. The second-order valence-electron chi connectivity index (χ2n) is 8.42. The molecule has 0 radical (unpaired) electrons. The normalized spacial score (nSPS) is 16.7. The highest BCUT2D eigenvalue weighted by atomic mass is 16.5. The maximum atomic E-state index is 13.0. The van der Waals surface area contributed by atoms with Gasteiger partial charge in [-0.15, -0.1) is 0 Å². The molecular formula is C27H27N3O4. The molecule has 5 rings (SSSR count). The van der Waals surface area contributed by atoms with E-state index in [1.807, 2.05) is 83.4 Å². The van der Waals surface area contributed by atoms with Gasteiger partial charge in [-0.3, -0.25) is 4.79 Å². The average Bonchev–Trinajstić information content (AvgIpc) is 3.43. The summed E-state index contributed by atoms with van der Waals surface area (Å²) in [6, 6.07) is 24.8. The lowest BCUT2D eigenvalue weighted by molar-refractivity contribution is -0.117. The summed E-state index contributed by atoms with van der Waals surface area (Å²) in [6.45, 7) is 0.980. The number of anilines is 1. The summed E-state index contributed by atoms with van der Waals surface area (Å²) in [7, 11) is 1.61. The lowest BCUT2D eigenvalue weighted by Gasteiger charge is -2.20. The van der Waals surface area contributed by atoms with Crippen molar-refractivity contribution in [3.05, 3.63) is 84.7 Å². The van der Waals surface area contributed by atoms with Crippen LogP contribution in [0.1, 0.15) is 18.2 Å². The van der Waals surface area contributed by atoms with Gasteiger partial charge in [0.2, 0.25) is 5.91 Å². The molecule has 7 nitrogen and oxygen atoms in total. The summed E-state index contributed by atoms with van der Waals surface area (Å²) >= 11 is 0. The molecule has 1 N–H and O–H groups in total. The van der Waals surface area contributed by atoms with E-state index in [1.165, 1.54) is 0 Å². The number of methoxy groups -OCH3 is 1. The Bertz CT molecular complexity index is 1290. The second-order valence-corrected chi connectivity index (χ2v) is 8.42. The molecule has 0 bridgehead atoms. The van der Waals surface area contributed by atoms with Crippen LogP contribution in [0.15, 0.2) is 78.9 Å². The zero-order valence-corrected chi connectivity index (χ0v) is 19.0. The van der Waals surface area contributed by atoms with Gasteiger partial charge in [0, 0.05) is 18.9 Å². The maximum absolute atomic E-state index is 13.0. The molecule has 2 atom stereocenters. The minimum absolute atomic E-state index is 0.0288. The number of aromatic nitrogens is 2. The Labute approximate surface area is 198 Å². The summed E-state index contributed by atoms with van der Waals surface area (Å²) < 4.78 is 13.3. The topological polar surface area (TPSA) is 76.8 Å². The van der Waals surface area contributed by atoms with Gasteiger partial charge >= 0.3 is 0 Å². The van der Waals surface area contributed by atoms with Gasteiger partial charge in [-0.25, -0.2) is 4.98 Å². The Hall–Kier alpha value is -3.84. The van der Waals surface area contributed by atoms with Gasteiger partial charge in [0.1, 0.15) is 30.0 Å². The number of carbonyl (C=O) groups excluding carboxylic acids is 1. The molecule has 174 valence electrons. The van der Waals surface area contributed by atoms with Crippen molar-refractivity contribution in [3.63, 3.8) is 0 Å². The minimum Gasteiger partial charge on any atom is -0.495 e. The van der Waals surface area contributed by atoms with Crippen molar-refractivity contribution in [3.8, 4) is 11.5 Å². The molecule has 1 saturated heterocycles. The third-order valence-electron chi connectivity index (χ3n) is 6.13. The van der Waals surface area contributed by atoms with Gasteiger partial charge in [0.25, 0.3) is 0 Å². The monoisotopic (exact) mass is 457 g/mol. The number of imidazole rings is 1. The molecule has 1 aromatic heterocycles. The number of ether oxygens (including phenoxy) is 2. The fourth-order valence-corrected chi connectivity index (χ4v) is 4.54. The number of rotatable bonds is 8. The van der Waals surface area contributed by atoms with Crippen LogP contribution in [0.3, 0.4) is 0 Å². The highest BCUT2D eigenvalue weighted by molar-refractivity contribution is 5.97. The van der Waals surface area contributed by atoms with Crippen LogP contribution in [0, 0.1) is 0 Å². The highest BCUT2D eigenvalue weighted by Crippen LogP contribution is 2.37. The van der Waals surface area contributed by atoms with Crippen LogP contribution in [0.5, 0.6) is 11.5 Å². The molecule has 1 fully saturated rings. The van der Waals surface area contributed by atoms with Crippen molar-refractivity contribution in [1.29, 1.82) is 0 Å². The van der Waals surface area contributed by atoms with E-state index in [1.54, 1.807) is 12.0 Å². The molecule has 34 heavy (non-hydrogen) atoms. The first-order valence-corrected chi connectivity index (χ1v) is 11.4. The second kappa shape index (κ2) is 9.57. The molecule has 2 unspecified atom stereocenters. The number of benzene rings is 3. The predicted octanol–water partition coefficient (Wildman–Crippen LogP) is 4.01. The molecule has 3 aromatic carbocycles. The van der Waals surface area contributed by atoms with Crippen LogP contribution in [-0.4, -0.2) is 46.9 Å². The number of carbonyl (C=O) groups is 1. The average molecular weight is 458 g/mol. The lowest BCUT2D eigenvalue weighted by Crippen LogP contribution is -2.26. The number of aliphatic hydroxyl groups excluding tert-OH is 1. The molecule has 1 aliphatic heterocycles. The number of amides is 1. The zero-order chi connectivity index (χ0) is 23.5. The van der Waals surface area contributed by atoms with E-state index in [0.717, 1.165) is 22.5 Å². The molecule has 0 aliphatic carbocycles. The molecule has 7 heteroatoms. The van der Waals surface area contributed by atoms with Gasteiger partial charge in [0.05, 0.1) is 30.4 Å². The summed E-state index contributed by atoms with van der Waals surface area (Å²) in [4.78, 5) is 19.6. The van der Waals surface area contributed by atoms with Crippen LogP contribution in [0.25, 0.3) is 11.0 Å². The lowest BCUT2D eigenvalue weighted by atomic mass is 10.1. The van der Waals surface area contributed by atoms with E-state index in [2.05, 4.69) is 0 Å². The summed E-state index contributed by atoms with van der Waals surface area (Å²) in [5.74, 6) is 2.10. The molecule has 0 saturated carbocycles. The smallest absolute Gasteiger partial charge is 0.227 e. The SMILES string of the molecule is COc1ccccc1N1CC(c2nc3ccccc3n2CC(O)COc2ccccc2)CC1=O. The van der Waals surface area contributed by atoms with Crippen LogP contribution in [0.4, 0.5) is 5.69 Å². The predicted molar refractivity (Wildman–Crippen MR) is 130 cm³/mol. The Morgan fingerprint density at radius 1 is 1.03 bits per heavy atom. The molecule has 1 aliphatic rings. The number of para-hydroxylation sites is 5. The summed E-state index contributed by atoms with van der Waals surface area (Å²) in [6.07, 6.45) is -0.392. The van der Waals surface area contributed by atoms with Crippen molar-refractivity contribution in [1.82, 2.24) is 9.55 Å². The number of nitrogens with zero attached hydrogens (tertiary/aromatic N) is 3. The van der Waals surface area contributed by atoms with Gasteiger partial charge in [-0.2, -0.15) is 0 Å². The van der Waals surface area contributed by atoms with Crippen molar-refractivity contribution >= 4 is 22.6 Å². The van der Waals surface area contributed by atoms with Crippen LogP contribution < -0.4 is 14.4 Å². The van der Waals surface area contributed by atoms with E-state index >= 15 is 0 Å². The quantitative estimate of drug-likeness (QED) is 0.433. The molecule has 2 heterocycles. The van der Waals surface area contributed by atoms with E-state index in [4.69, 9.17) is 14.5 Å². The minimum atomic E-state index is -0.737. The standard InChI is InChI=1S/C27H27N3O4/c1-33-25-14-8-7-13-24(25)29-16-19(15-26(29)32)27-28-22-11-5-6-12-23(22)30(27)17-20(31)18-34-21-9-3-2-4-10-21/h2-14,19-20,31H,15-18H2,1H3. The third kappa shape index (κ3) is 4.34. The first-order chi connectivity index (χ1) is 16.6.